The number of hydrogen-bond acceptors (Lipinski definition) is 2. The van der Waals surface area contributed by atoms with E-state index in [0.717, 1.165) is 0 Å². The SMILES string of the molecule is C=CCCNC(=O)NC(CC(C)C)C(=O)O. The van der Waals surface area contributed by atoms with Crippen LogP contribution in [0.25, 0.3) is 0 Å². The van der Waals surface area contributed by atoms with E-state index in [1.54, 1.807) is 6.08 Å². The molecule has 0 radical (unpaired) electrons. The third-order valence-corrected chi connectivity index (χ3v) is 1.94. The van der Waals surface area contributed by atoms with Gasteiger partial charge in [0.2, 0.25) is 0 Å². The number of amides is 2. The molecule has 5 nitrogen and oxygen atoms in total. The van der Waals surface area contributed by atoms with Crippen LogP contribution in [-0.4, -0.2) is 29.7 Å². The van der Waals surface area contributed by atoms with Gasteiger partial charge in [0.25, 0.3) is 0 Å². The largest absolute Gasteiger partial charge is 0.480 e. The summed E-state index contributed by atoms with van der Waals surface area (Å²) in [6.45, 7) is 7.80. The van der Waals surface area contributed by atoms with Crippen LogP contribution in [0.3, 0.4) is 0 Å². The van der Waals surface area contributed by atoms with Gasteiger partial charge in [-0.1, -0.05) is 19.9 Å². The summed E-state index contributed by atoms with van der Waals surface area (Å²) in [7, 11) is 0. The van der Waals surface area contributed by atoms with Gasteiger partial charge in [-0.15, -0.1) is 6.58 Å². The van der Waals surface area contributed by atoms with Gasteiger partial charge in [-0.25, -0.2) is 9.59 Å². The minimum Gasteiger partial charge on any atom is -0.480 e. The second kappa shape index (κ2) is 7.73. The number of rotatable bonds is 7. The highest BCUT2D eigenvalue weighted by molar-refractivity contribution is 5.82. The van der Waals surface area contributed by atoms with Crippen molar-refractivity contribution in [3.63, 3.8) is 0 Å². The summed E-state index contributed by atoms with van der Waals surface area (Å²) in [5.74, 6) is -0.790. The van der Waals surface area contributed by atoms with Gasteiger partial charge in [0, 0.05) is 6.54 Å². The molecule has 0 fully saturated rings. The van der Waals surface area contributed by atoms with E-state index >= 15 is 0 Å². The van der Waals surface area contributed by atoms with Crippen molar-refractivity contribution in [3.8, 4) is 0 Å². The summed E-state index contributed by atoms with van der Waals surface area (Å²) in [6, 6.07) is -1.28. The van der Waals surface area contributed by atoms with E-state index in [-0.39, 0.29) is 5.92 Å². The molecule has 0 bridgehead atoms. The summed E-state index contributed by atoms with van der Waals surface area (Å²) in [5, 5.41) is 13.9. The maximum Gasteiger partial charge on any atom is 0.326 e. The summed E-state index contributed by atoms with van der Waals surface area (Å²) in [6.07, 6.45) is 2.77. The van der Waals surface area contributed by atoms with E-state index in [1.165, 1.54) is 0 Å². The third kappa shape index (κ3) is 6.86. The zero-order chi connectivity index (χ0) is 12.6. The van der Waals surface area contributed by atoms with Crippen molar-refractivity contribution in [1.29, 1.82) is 0 Å². The Labute approximate surface area is 95.9 Å². The fourth-order valence-corrected chi connectivity index (χ4v) is 1.19. The summed E-state index contributed by atoms with van der Waals surface area (Å²) in [4.78, 5) is 22.1. The topological polar surface area (TPSA) is 78.4 Å². The minimum absolute atomic E-state index is 0.217. The Morgan fingerprint density at radius 1 is 1.44 bits per heavy atom. The van der Waals surface area contributed by atoms with Crippen LogP contribution in [0.5, 0.6) is 0 Å². The maximum atomic E-state index is 11.3. The second-order valence-corrected chi connectivity index (χ2v) is 4.00. The fourth-order valence-electron chi connectivity index (χ4n) is 1.19. The molecule has 3 N–H and O–H groups in total. The third-order valence-electron chi connectivity index (χ3n) is 1.94. The molecule has 16 heavy (non-hydrogen) atoms. The summed E-state index contributed by atoms with van der Waals surface area (Å²) >= 11 is 0. The van der Waals surface area contributed by atoms with Gasteiger partial charge in [0.1, 0.15) is 6.04 Å². The van der Waals surface area contributed by atoms with Gasteiger partial charge >= 0.3 is 12.0 Å². The number of carboxylic acids is 1. The first kappa shape index (κ1) is 14.5. The molecule has 0 rings (SSSR count). The number of carboxylic acid groups (broad SMARTS) is 1. The Morgan fingerprint density at radius 3 is 2.50 bits per heavy atom. The molecule has 0 heterocycles. The lowest BCUT2D eigenvalue weighted by atomic mass is 10.0. The average Bonchev–Trinajstić information content (AvgIpc) is 2.16. The molecule has 1 atom stereocenters. The van der Waals surface area contributed by atoms with E-state index in [2.05, 4.69) is 17.2 Å². The van der Waals surface area contributed by atoms with Crippen LogP contribution in [-0.2, 0) is 4.79 Å². The van der Waals surface area contributed by atoms with Crippen molar-refractivity contribution in [3.05, 3.63) is 12.7 Å². The number of hydrogen-bond donors (Lipinski definition) is 3. The molecule has 0 aliphatic carbocycles. The molecule has 0 aromatic carbocycles. The first-order chi connectivity index (χ1) is 7.47. The van der Waals surface area contributed by atoms with E-state index < -0.39 is 18.0 Å². The maximum absolute atomic E-state index is 11.3. The molecular formula is C11H20N2O3. The molecule has 0 aromatic rings. The van der Waals surface area contributed by atoms with Crippen LogP contribution in [0.15, 0.2) is 12.7 Å². The summed E-state index contributed by atoms with van der Waals surface area (Å²) in [5.41, 5.74) is 0. The van der Waals surface area contributed by atoms with Gasteiger partial charge < -0.3 is 15.7 Å². The molecule has 0 aliphatic heterocycles. The van der Waals surface area contributed by atoms with Crippen LogP contribution in [0.4, 0.5) is 4.79 Å². The second-order valence-electron chi connectivity index (χ2n) is 4.00. The van der Waals surface area contributed by atoms with E-state index in [0.29, 0.717) is 19.4 Å². The predicted octanol–water partition coefficient (Wildman–Crippen LogP) is 1.36. The Morgan fingerprint density at radius 2 is 2.06 bits per heavy atom. The molecule has 0 aromatic heterocycles. The first-order valence-corrected chi connectivity index (χ1v) is 5.35. The zero-order valence-corrected chi connectivity index (χ0v) is 9.82. The van der Waals surface area contributed by atoms with E-state index in [9.17, 15) is 9.59 Å². The molecule has 5 heteroatoms. The molecule has 1 unspecified atom stereocenters. The minimum atomic E-state index is -1.01. The molecule has 2 amide bonds. The van der Waals surface area contributed by atoms with Crippen molar-refractivity contribution in [1.82, 2.24) is 10.6 Å². The van der Waals surface area contributed by atoms with E-state index in [4.69, 9.17) is 5.11 Å². The van der Waals surface area contributed by atoms with Crippen molar-refractivity contribution >= 4 is 12.0 Å². The number of aliphatic carboxylic acids is 1. The normalized spacial score (nSPS) is 11.9. The van der Waals surface area contributed by atoms with Crippen molar-refractivity contribution < 1.29 is 14.7 Å². The lowest BCUT2D eigenvalue weighted by Gasteiger charge is -2.16. The monoisotopic (exact) mass is 228 g/mol. The van der Waals surface area contributed by atoms with Crippen molar-refractivity contribution in [2.45, 2.75) is 32.7 Å². The van der Waals surface area contributed by atoms with Crippen LogP contribution in [0.1, 0.15) is 26.7 Å². The van der Waals surface area contributed by atoms with Crippen molar-refractivity contribution in [2.24, 2.45) is 5.92 Å². The van der Waals surface area contributed by atoms with Gasteiger partial charge in [0.05, 0.1) is 0 Å². The van der Waals surface area contributed by atoms with Gasteiger partial charge in [-0.3, -0.25) is 0 Å². The Kier molecular flexibility index (Phi) is 7.00. The number of carbonyl (C=O) groups excluding carboxylic acids is 1. The highest BCUT2D eigenvalue weighted by Gasteiger charge is 2.20. The molecule has 0 saturated heterocycles. The van der Waals surface area contributed by atoms with Crippen LogP contribution >= 0.6 is 0 Å². The lowest BCUT2D eigenvalue weighted by molar-refractivity contribution is -0.139. The Bertz CT molecular complexity index is 252. The Hall–Kier alpha value is -1.52. The Balaban J connectivity index is 4.03. The van der Waals surface area contributed by atoms with E-state index in [1.807, 2.05) is 13.8 Å². The van der Waals surface area contributed by atoms with Gasteiger partial charge in [-0.2, -0.15) is 0 Å². The van der Waals surface area contributed by atoms with Crippen molar-refractivity contribution in [2.75, 3.05) is 6.54 Å². The molecule has 92 valence electrons. The predicted molar refractivity (Wildman–Crippen MR) is 62.2 cm³/mol. The standard InChI is InChI=1S/C11H20N2O3/c1-4-5-6-12-11(16)13-9(10(14)15)7-8(2)3/h4,8-9H,1,5-7H2,2-3H3,(H,14,15)(H2,12,13,16). The van der Waals surface area contributed by atoms with Gasteiger partial charge in [-0.05, 0) is 18.8 Å². The number of urea groups is 1. The molecule has 0 saturated carbocycles. The molecular weight excluding hydrogens is 208 g/mol. The average molecular weight is 228 g/mol. The zero-order valence-electron chi connectivity index (χ0n) is 9.82. The van der Waals surface area contributed by atoms with Crippen LogP contribution in [0, 0.1) is 5.92 Å². The molecule has 0 spiro atoms. The highest BCUT2D eigenvalue weighted by Crippen LogP contribution is 2.04. The van der Waals surface area contributed by atoms with Crippen LogP contribution < -0.4 is 10.6 Å². The highest BCUT2D eigenvalue weighted by atomic mass is 16.4. The quantitative estimate of drug-likeness (QED) is 0.455. The number of nitrogens with one attached hydrogen (secondary N) is 2. The lowest BCUT2D eigenvalue weighted by Crippen LogP contribution is -2.46. The summed E-state index contributed by atoms with van der Waals surface area (Å²) < 4.78 is 0. The molecule has 0 aliphatic rings. The smallest absolute Gasteiger partial charge is 0.326 e. The first-order valence-electron chi connectivity index (χ1n) is 5.35. The van der Waals surface area contributed by atoms with Crippen LogP contribution in [0.2, 0.25) is 0 Å². The van der Waals surface area contributed by atoms with Gasteiger partial charge in [0.15, 0.2) is 0 Å². The fraction of sp³-hybridized carbons (Fsp3) is 0.636. The number of carbonyl (C=O) groups is 2.